The lowest BCUT2D eigenvalue weighted by atomic mass is 10.2. The Morgan fingerprint density at radius 3 is 2.81 bits per heavy atom. The average molecular weight is 425 g/mol. The van der Waals surface area contributed by atoms with Crippen LogP contribution in [0.1, 0.15) is 25.6 Å². The number of hydrogen-bond acceptors (Lipinski definition) is 3. The smallest absolute Gasteiger partial charge is 0.191 e. The topological polar surface area (TPSA) is 45.7 Å². The van der Waals surface area contributed by atoms with E-state index in [0.717, 1.165) is 32.1 Å². The van der Waals surface area contributed by atoms with Gasteiger partial charge in [-0.3, -0.25) is 4.99 Å². The van der Waals surface area contributed by atoms with Gasteiger partial charge in [0.05, 0.1) is 13.2 Å². The van der Waals surface area contributed by atoms with E-state index in [1.165, 1.54) is 4.88 Å². The lowest BCUT2D eigenvalue weighted by Crippen LogP contribution is -2.38. The third-order valence-electron chi connectivity index (χ3n) is 2.54. The summed E-state index contributed by atoms with van der Waals surface area (Å²) >= 11 is 1.79. The number of nitrogens with one attached hydrogen (secondary N) is 2. The summed E-state index contributed by atoms with van der Waals surface area (Å²) in [7, 11) is 0. The quantitative estimate of drug-likeness (QED) is 0.277. The Balaban J connectivity index is 0.00000400. The van der Waals surface area contributed by atoms with Crippen LogP contribution in [0.2, 0.25) is 0 Å². The second-order valence-electron chi connectivity index (χ2n) is 4.99. The molecule has 1 aromatic heterocycles. The standard InChI is InChI=1S/C15H27N3OS.HI/c1-4-16-15(18-9-10-19-12-13(2)3)17-8-7-14-6-5-11-20-14;/h5-6,11,13H,4,7-10,12H2,1-3H3,(H2,16,17,18);1H. The van der Waals surface area contributed by atoms with Crippen molar-refractivity contribution in [2.75, 3.05) is 32.8 Å². The van der Waals surface area contributed by atoms with Crippen LogP contribution in [0.25, 0.3) is 0 Å². The summed E-state index contributed by atoms with van der Waals surface area (Å²) < 4.78 is 5.53. The second kappa shape index (κ2) is 13.3. The highest BCUT2D eigenvalue weighted by Gasteiger charge is 1.98. The molecule has 122 valence electrons. The molecule has 1 rings (SSSR count). The maximum atomic E-state index is 5.53. The number of halogens is 1. The maximum absolute atomic E-state index is 5.53. The molecule has 0 aromatic carbocycles. The molecule has 0 aliphatic carbocycles. The van der Waals surface area contributed by atoms with Gasteiger partial charge in [0, 0.05) is 24.6 Å². The highest BCUT2D eigenvalue weighted by atomic mass is 127. The summed E-state index contributed by atoms with van der Waals surface area (Å²) in [6.07, 6.45) is 1.03. The molecule has 0 spiro atoms. The van der Waals surface area contributed by atoms with E-state index in [0.29, 0.717) is 19.1 Å². The first kappa shape index (κ1) is 20.7. The van der Waals surface area contributed by atoms with E-state index in [4.69, 9.17) is 4.74 Å². The molecule has 0 radical (unpaired) electrons. The van der Waals surface area contributed by atoms with Crippen molar-refractivity contribution in [1.82, 2.24) is 10.6 Å². The highest BCUT2D eigenvalue weighted by molar-refractivity contribution is 14.0. The molecular weight excluding hydrogens is 397 g/mol. The van der Waals surface area contributed by atoms with Crippen LogP contribution < -0.4 is 10.6 Å². The Labute approximate surface area is 149 Å². The maximum Gasteiger partial charge on any atom is 0.191 e. The summed E-state index contributed by atoms with van der Waals surface area (Å²) in [5.74, 6) is 1.45. The van der Waals surface area contributed by atoms with Crippen molar-refractivity contribution in [3.05, 3.63) is 22.4 Å². The molecule has 0 amide bonds. The molecular formula is C15H28IN3OS. The van der Waals surface area contributed by atoms with Gasteiger partial charge in [-0.25, -0.2) is 0 Å². The zero-order valence-corrected chi connectivity index (χ0v) is 16.4. The molecule has 0 fully saturated rings. The zero-order chi connectivity index (χ0) is 14.6. The lowest BCUT2D eigenvalue weighted by Gasteiger charge is -2.11. The Morgan fingerprint density at radius 1 is 1.38 bits per heavy atom. The van der Waals surface area contributed by atoms with Gasteiger partial charge in [0.15, 0.2) is 5.96 Å². The first-order chi connectivity index (χ1) is 9.72. The predicted octanol–water partition coefficient (Wildman–Crippen LogP) is 3.14. The van der Waals surface area contributed by atoms with Crippen LogP contribution in [0.15, 0.2) is 22.5 Å². The number of ether oxygens (including phenoxy) is 1. The monoisotopic (exact) mass is 425 g/mol. The molecule has 0 atom stereocenters. The van der Waals surface area contributed by atoms with Gasteiger partial charge < -0.3 is 15.4 Å². The van der Waals surface area contributed by atoms with Crippen LogP contribution in [0.5, 0.6) is 0 Å². The van der Waals surface area contributed by atoms with Gasteiger partial charge in [-0.05, 0) is 30.7 Å². The van der Waals surface area contributed by atoms with Crippen molar-refractivity contribution in [3.63, 3.8) is 0 Å². The second-order valence-corrected chi connectivity index (χ2v) is 6.02. The van der Waals surface area contributed by atoms with Gasteiger partial charge in [0.2, 0.25) is 0 Å². The molecule has 0 aliphatic rings. The number of aliphatic imine (C=N–C) groups is 1. The molecule has 4 nitrogen and oxygen atoms in total. The fraction of sp³-hybridized carbons (Fsp3) is 0.667. The molecule has 6 heteroatoms. The fourth-order valence-electron chi connectivity index (χ4n) is 1.64. The van der Waals surface area contributed by atoms with Crippen molar-refractivity contribution in [2.45, 2.75) is 27.2 Å². The fourth-order valence-corrected chi connectivity index (χ4v) is 2.35. The number of thiophene rings is 1. The number of hydrogen-bond donors (Lipinski definition) is 2. The number of rotatable bonds is 9. The van der Waals surface area contributed by atoms with Gasteiger partial charge in [-0.15, -0.1) is 35.3 Å². The third kappa shape index (κ3) is 11.0. The van der Waals surface area contributed by atoms with E-state index in [1.54, 1.807) is 11.3 Å². The molecule has 0 saturated heterocycles. The van der Waals surface area contributed by atoms with Crippen molar-refractivity contribution < 1.29 is 4.74 Å². The Hall–Kier alpha value is -0.340. The van der Waals surface area contributed by atoms with E-state index in [1.807, 2.05) is 0 Å². The molecule has 1 heterocycles. The van der Waals surface area contributed by atoms with Crippen molar-refractivity contribution >= 4 is 41.3 Å². The van der Waals surface area contributed by atoms with Gasteiger partial charge >= 0.3 is 0 Å². The molecule has 2 N–H and O–H groups in total. The van der Waals surface area contributed by atoms with E-state index in [-0.39, 0.29) is 24.0 Å². The predicted molar refractivity (Wildman–Crippen MR) is 103 cm³/mol. The summed E-state index contributed by atoms with van der Waals surface area (Å²) in [5.41, 5.74) is 0. The third-order valence-corrected chi connectivity index (χ3v) is 3.48. The minimum Gasteiger partial charge on any atom is -0.379 e. The van der Waals surface area contributed by atoms with Crippen LogP contribution in [-0.4, -0.2) is 38.8 Å². The van der Waals surface area contributed by atoms with Gasteiger partial charge in [0.1, 0.15) is 0 Å². The van der Waals surface area contributed by atoms with Gasteiger partial charge in [-0.2, -0.15) is 0 Å². The molecule has 0 unspecified atom stereocenters. The molecule has 0 bridgehead atoms. The molecule has 0 saturated carbocycles. The SMILES string of the molecule is CCNC(=NCCOCC(C)C)NCCc1cccs1.I. The lowest BCUT2D eigenvalue weighted by molar-refractivity contribution is 0.117. The van der Waals surface area contributed by atoms with Crippen LogP contribution in [0.4, 0.5) is 0 Å². The zero-order valence-electron chi connectivity index (χ0n) is 13.2. The van der Waals surface area contributed by atoms with E-state index < -0.39 is 0 Å². The molecule has 1 aromatic rings. The van der Waals surface area contributed by atoms with Crippen LogP contribution in [0, 0.1) is 5.92 Å². The minimum absolute atomic E-state index is 0. The summed E-state index contributed by atoms with van der Waals surface area (Å²) in [4.78, 5) is 5.90. The Bertz CT molecular complexity index is 369. The number of guanidine groups is 1. The summed E-state index contributed by atoms with van der Waals surface area (Å²) in [5, 5.41) is 8.71. The van der Waals surface area contributed by atoms with E-state index in [9.17, 15) is 0 Å². The molecule has 21 heavy (non-hydrogen) atoms. The molecule has 0 aliphatic heterocycles. The van der Waals surface area contributed by atoms with E-state index >= 15 is 0 Å². The van der Waals surface area contributed by atoms with Gasteiger partial charge in [0.25, 0.3) is 0 Å². The van der Waals surface area contributed by atoms with Crippen LogP contribution in [0.3, 0.4) is 0 Å². The van der Waals surface area contributed by atoms with Gasteiger partial charge in [-0.1, -0.05) is 19.9 Å². The Morgan fingerprint density at radius 2 is 2.19 bits per heavy atom. The van der Waals surface area contributed by atoms with Crippen LogP contribution >= 0.6 is 35.3 Å². The summed E-state index contributed by atoms with van der Waals surface area (Å²) in [6.45, 7) is 10.3. The van der Waals surface area contributed by atoms with Crippen molar-refractivity contribution in [2.24, 2.45) is 10.9 Å². The number of nitrogens with zero attached hydrogens (tertiary/aromatic N) is 1. The summed E-state index contributed by atoms with van der Waals surface area (Å²) in [6, 6.07) is 4.25. The highest BCUT2D eigenvalue weighted by Crippen LogP contribution is 2.07. The average Bonchev–Trinajstić information content (AvgIpc) is 2.91. The van der Waals surface area contributed by atoms with Crippen LogP contribution in [-0.2, 0) is 11.2 Å². The van der Waals surface area contributed by atoms with Crippen molar-refractivity contribution in [3.8, 4) is 0 Å². The normalized spacial score (nSPS) is 11.3. The van der Waals surface area contributed by atoms with E-state index in [2.05, 4.69) is 53.9 Å². The first-order valence-electron chi connectivity index (χ1n) is 7.34. The van der Waals surface area contributed by atoms with Crippen molar-refractivity contribution in [1.29, 1.82) is 0 Å². The Kier molecular flexibility index (Phi) is 13.1. The minimum atomic E-state index is 0. The largest absolute Gasteiger partial charge is 0.379 e. The first-order valence-corrected chi connectivity index (χ1v) is 8.22.